The van der Waals surface area contributed by atoms with E-state index in [-0.39, 0.29) is 5.60 Å². The van der Waals surface area contributed by atoms with Gasteiger partial charge >= 0.3 is 0 Å². The third kappa shape index (κ3) is 1.72. The van der Waals surface area contributed by atoms with Crippen LogP contribution in [0.3, 0.4) is 0 Å². The first-order valence-corrected chi connectivity index (χ1v) is 4.92. The quantitative estimate of drug-likeness (QED) is 0.707. The molecular weight excluding hydrogens is 196 g/mol. The van der Waals surface area contributed by atoms with Crippen LogP contribution in [0.15, 0.2) is 18.2 Å². The van der Waals surface area contributed by atoms with Gasteiger partial charge in [0.2, 0.25) is 6.79 Å². The average Bonchev–Trinajstić information content (AvgIpc) is 2.80. The third-order valence-corrected chi connectivity index (χ3v) is 2.53. The first-order chi connectivity index (χ1) is 7.25. The van der Waals surface area contributed by atoms with Gasteiger partial charge < -0.3 is 18.9 Å². The second-order valence-electron chi connectivity index (χ2n) is 4.04. The van der Waals surface area contributed by atoms with Crippen LogP contribution in [0, 0.1) is 0 Å². The maximum absolute atomic E-state index is 5.60. The molecular formula is C11H12O4. The van der Waals surface area contributed by atoms with Crippen LogP contribution >= 0.6 is 0 Å². The van der Waals surface area contributed by atoms with Crippen molar-refractivity contribution in [1.82, 2.24) is 0 Å². The van der Waals surface area contributed by atoms with Crippen LogP contribution in [0.2, 0.25) is 0 Å². The zero-order valence-electron chi connectivity index (χ0n) is 8.49. The Kier molecular flexibility index (Phi) is 1.79. The molecule has 1 fully saturated rings. The van der Waals surface area contributed by atoms with Crippen molar-refractivity contribution in [1.29, 1.82) is 0 Å². The first kappa shape index (κ1) is 8.85. The Morgan fingerprint density at radius 3 is 2.93 bits per heavy atom. The molecule has 0 amide bonds. The van der Waals surface area contributed by atoms with E-state index in [1.54, 1.807) is 0 Å². The van der Waals surface area contributed by atoms with E-state index in [0.717, 1.165) is 23.9 Å². The summed E-state index contributed by atoms with van der Waals surface area (Å²) in [6.45, 7) is 3.67. The van der Waals surface area contributed by atoms with Gasteiger partial charge in [0.1, 0.15) is 18.0 Å². The lowest BCUT2D eigenvalue weighted by Crippen LogP contribution is -2.16. The van der Waals surface area contributed by atoms with Crippen molar-refractivity contribution >= 4 is 0 Å². The summed E-state index contributed by atoms with van der Waals surface area (Å²) in [6.07, 6.45) is 0. The molecule has 1 aromatic carbocycles. The predicted octanol–water partition coefficient (Wildman–Crippen LogP) is 1.58. The molecule has 4 nitrogen and oxygen atoms in total. The molecule has 1 aromatic rings. The van der Waals surface area contributed by atoms with Crippen molar-refractivity contribution in [2.75, 3.05) is 20.0 Å². The summed E-state index contributed by atoms with van der Waals surface area (Å²) in [7, 11) is 0. The van der Waals surface area contributed by atoms with Gasteiger partial charge in [-0.3, -0.25) is 0 Å². The number of hydrogen-bond donors (Lipinski definition) is 0. The lowest BCUT2D eigenvalue weighted by Gasteiger charge is -2.08. The highest BCUT2D eigenvalue weighted by atomic mass is 16.7. The van der Waals surface area contributed by atoms with E-state index in [1.165, 1.54) is 0 Å². The topological polar surface area (TPSA) is 40.2 Å². The van der Waals surface area contributed by atoms with Crippen LogP contribution in [0.4, 0.5) is 0 Å². The molecule has 4 heteroatoms. The molecule has 0 aromatic heterocycles. The smallest absolute Gasteiger partial charge is 0.231 e. The summed E-state index contributed by atoms with van der Waals surface area (Å²) in [4.78, 5) is 0. The van der Waals surface area contributed by atoms with Crippen molar-refractivity contribution in [3.8, 4) is 17.2 Å². The molecule has 1 unspecified atom stereocenters. The van der Waals surface area contributed by atoms with Crippen molar-refractivity contribution < 1.29 is 18.9 Å². The van der Waals surface area contributed by atoms with Crippen molar-refractivity contribution in [3.63, 3.8) is 0 Å². The van der Waals surface area contributed by atoms with E-state index in [9.17, 15) is 0 Å². The van der Waals surface area contributed by atoms with Crippen LogP contribution in [0.1, 0.15) is 6.92 Å². The van der Waals surface area contributed by atoms with E-state index in [4.69, 9.17) is 18.9 Å². The normalized spacial score (nSPS) is 26.5. The summed E-state index contributed by atoms with van der Waals surface area (Å²) in [5, 5.41) is 0. The second-order valence-corrected chi connectivity index (χ2v) is 4.04. The van der Waals surface area contributed by atoms with Gasteiger partial charge in [0.15, 0.2) is 11.5 Å². The fraction of sp³-hybridized carbons (Fsp3) is 0.455. The van der Waals surface area contributed by atoms with E-state index >= 15 is 0 Å². The van der Waals surface area contributed by atoms with E-state index < -0.39 is 0 Å². The fourth-order valence-electron chi connectivity index (χ4n) is 1.41. The molecule has 1 saturated heterocycles. The van der Waals surface area contributed by atoms with Crippen LogP contribution in [0.25, 0.3) is 0 Å². The van der Waals surface area contributed by atoms with Gasteiger partial charge in [-0.2, -0.15) is 0 Å². The van der Waals surface area contributed by atoms with Crippen LogP contribution in [-0.4, -0.2) is 25.6 Å². The molecule has 0 N–H and O–H groups in total. The maximum Gasteiger partial charge on any atom is 0.231 e. The number of rotatable bonds is 3. The molecule has 0 saturated carbocycles. The number of ether oxygens (including phenoxy) is 4. The van der Waals surface area contributed by atoms with Crippen LogP contribution in [0.5, 0.6) is 17.2 Å². The molecule has 0 aliphatic carbocycles. The van der Waals surface area contributed by atoms with Gasteiger partial charge in [-0.05, 0) is 19.1 Å². The minimum absolute atomic E-state index is 0.0869. The Morgan fingerprint density at radius 1 is 1.33 bits per heavy atom. The average molecular weight is 208 g/mol. The highest BCUT2D eigenvalue weighted by molar-refractivity contribution is 5.46. The first-order valence-electron chi connectivity index (χ1n) is 4.92. The molecule has 1 atom stereocenters. The van der Waals surface area contributed by atoms with Crippen molar-refractivity contribution in [2.24, 2.45) is 0 Å². The molecule has 2 aliphatic heterocycles. The molecule has 0 bridgehead atoms. The maximum atomic E-state index is 5.60. The Labute approximate surface area is 87.7 Å². The van der Waals surface area contributed by atoms with Gasteiger partial charge in [-0.25, -0.2) is 0 Å². The highest BCUT2D eigenvalue weighted by Gasteiger charge is 2.40. The summed E-state index contributed by atoms with van der Waals surface area (Å²) in [6, 6.07) is 5.57. The third-order valence-electron chi connectivity index (χ3n) is 2.53. The highest BCUT2D eigenvalue weighted by Crippen LogP contribution is 2.36. The molecule has 2 heterocycles. The number of benzene rings is 1. The zero-order valence-corrected chi connectivity index (χ0v) is 8.49. The van der Waals surface area contributed by atoms with Crippen LogP contribution in [-0.2, 0) is 4.74 Å². The fourth-order valence-corrected chi connectivity index (χ4v) is 1.41. The Bertz CT molecular complexity index is 384. The number of epoxide rings is 1. The lowest BCUT2D eigenvalue weighted by molar-refractivity contribution is 0.173. The minimum Gasteiger partial charge on any atom is -0.490 e. The van der Waals surface area contributed by atoms with Gasteiger partial charge in [0.25, 0.3) is 0 Å². The summed E-state index contributed by atoms with van der Waals surface area (Å²) >= 11 is 0. The number of fused-ring (bicyclic) bond motifs is 1. The summed E-state index contributed by atoms with van der Waals surface area (Å²) < 4.78 is 21.3. The van der Waals surface area contributed by atoms with E-state index in [1.807, 2.05) is 25.1 Å². The van der Waals surface area contributed by atoms with Gasteiger partial charge in [0.05, 0.1) is 6.61 Å². The minimum atomic E-state index is -0.0869. The van der Waals surface area contributed by atoms with Crippen molar-refractivity contribution in [3.05, 3.63) is 18.2 Å². The zero-order chi connectivity index (χ0) is 10.3. The van der Waals surface area contributed by atoms with E-state index in [2.05, 4.69) is 0 Å². The monoisotopic (exact) mass is 208 g/mol. The van der Waals surface area contributed by atoms with Gasteiger partial charge in [-0.15, -0.1) is 0 Å². The molecule has 0 radical (unpaired) electrons. The molecule has 3 rings (SSSR count). The largest absolute Gasteiger partial charge is 0.490 e. The SMILES string of the molecule is CC1(COc2ccc3c(c2)OCO3)CO1. The Hall–Kier alpha value is -1.42. The van der Waals surface area contributed by atoms with E-state index in [0.29, 0.717) is 13.4 Å². The standard InChI is InChI=1S/C11H12O4/c1-11(6-15-11)5-12-8-2-3-9-10(4-8)14-7-13-9/h2-4H,5-7H2,1H3. The number of hydrogen-bond acceptors (Lipinski definition) is 4. The Morgan fingerprint density at radius 2 is 2.13 bits per heavy atom. The van der Waals surface area contributed by atoms with Gasteiger partial charge in [-0.1, -0.05) is 0 Å². The molecule has 15 heavy (non-hydrogen) atoms. The Balaban J connectivity index is 1.70. The molecule has 2 aliphatic rings. The predicted molar refractivity (Wildman–Crippen MR) is 52.4 cm³/mol. The van der Waals surface area contributed by atoms with Gasteiger partial charge in [0, 0.05) is 6.07 Å². The van der Waals surface area contributed by atoms with Crippen molar-refractivity contribution in [2.45, 2.75) is 12.5 Å². The second kappa shape index (κ2) is 3.03. The van der Waals surface area contributed by atoms with Crippen LogP contribution < -0.4 is 14.2 Å². The lowest BCUT2D eigenvalue weighted by atomic mass is 10.2. The molecule has 80 valence electrons. The summed E-state index contributed by atoms with van der Waals surface area (Å²) in [5.74, 6) is 2.31. The summed E-state index contributed by atoms with van der Waals surface area (Å²) in [5.41, 5.74) is -0.0869. The molecule has 0 spiro atoms.